The quantitative estimate of drug-likeness (QED) is 0.681. The summed E-state index contributed by atoms with van der Waals surface area (Å²) in [6.45, 7) is 4.31. The van der Waals surface area contributed by atoms with Crippen molar-refractivity contribution in [1.29, 1.82) is 0 Å². The van der Waals surface area contributed by atoms with Gasteiger partial charge in [0.2, 0.25) is 0 Å². The number of nitrogen functional groups attached to an aromatic ring is 1. The normalized spacial score (nSPS) is 10.2. The number of hydrogen-bond donors (Lipinski definition) is 1. The maximum Gasteiger partial charge on any atom is 0.0346 e. The SMILES string of the molecule is CCCCc1cc(C)ccc1N. The Bertz CT molecular complexity index is 253. The molecule has 0 unspecified atom stereocenters. The molecule has 1 rings (SSSR count). The third-order valence-corrected chi connectivity index (χ3v) is 2.10. The number of rotatable bonds is 3. The summed E-state index contributed by atoms with van der Waals surface area (Å²) in [6.07, 6.45) is 3.57. The van der Waals surface area contributed by atoms with Crippen LogP contribution in [0.4, 0.5) is 5.69 Å². The summed E-state index contributed by atoms with van der Waals surface area (Å²) in [6, 6.07) is 6.25. The highest BCUT2D eigenvalue weighted by Crippen LogP contribution is 2.15. The molecule has 0 aliphatic heterocycles. The first-order valence-electron chi connectivity index (χ1n) is 4.59. The summed E-state index contributed by atoms with van der Waals surface area (Å²) in [7, 11) is 0. The highest BCUT2D eigenvalue weighted by Gasteiger charge is 1.97. The molecule has 0 saturated heterocycles. The van der Waals surface area contributed by atoms with Crippen LogP contribution in [0.2, 0.25) is 0 Å². The molecule has 0 spiro atoms. The molecule has 0 radical (unpaired) electrons. The number of hydrogen-bond acceptors (Lipinski definition) is 1. The summed E-state index contributed by atoms with van der Waals surface area (Å²) >= 11 is 0. The van der Waals surface area contributed by atoms with Crippen LogP contribution in [0.25, 0.3) is 0 Å². The minimum atomic E-state index is 0.939. The van der Waals surface area contributed by atoms with Gasteiger partial charge in [0.1, 0.15) is 0 Å². The van der Waals surface area contributed by atoms with Gasteiger partial charge in [-0.3, -0.25) is 0 Å². The Hall–Kier alpha value is -0.980. The second-order valence-corrected chi connectivity index (χ2v) is 3.31. The van der Waals surface area contributed by atoms with E-state index < -0.39 is 0 Å². The number of nitrogens with two attached hydrogens (primary N) is 1. The van der Waals surface area contributed by atoms with E-state index >= 15 is 0 Å². The van der Waals surface area contributed by atoms with Crippen LogP contribution in [0.5, 0.6) is 0 Å². The standard InChI is InChI=1S/C11H17N/c1-3-4-5-10-8-9(2)6-7-11(10)12/h6-8H,3-5,12H2,1-2H3. The average molecular weight is 163 g/mol. The van der Waals surface area contributed by atoms with Gasteiger partial charge >= 0.3 is 0 Å². The molecule has 0 atom stereocenters. The molecular formula is C11H17N. The smallest absolute Gasteiger partial charge is 0.0346 e. The lowest BCUT2D eigenvalue weighted by molar-refractivity contribution is 0.796. The molecule has 0 fully saturated rings. The first kappa shape index (κ1) is 9.11. The van der Waals surface area contributed by atoms with Crippen molar-refractivity contribution in [2.75, 3.05) is 5.73 Å². The Morgan fingerprint density at radius 2 is 2.08 bits per heavy atom. The molecule has 0 aliphatic carbocycles. The van der Waals surface area contributed by atoms with Crippen LogP contribution in [0, 0.1) is 6.92 Å². The fourth-order valence-electron chi connectivity index (χ4n) is 1.32. The number of anilines is 1. The van der Waals surface area contributed by atoms with Gasteiger partial charge in [-0.1, -0.05) is 31.0 Å². The second-order valence-electron chi connectivity index (χ2n) is 3.31. The van der Waals surface area contributed by atoms with Crippen LogP contribution in [0.1, 0.15) is 30.9 Å². The Labute approximate surface area is 74.6 Å². The van der Waals surface area contributed by atoms with E-state index in [0.29, 0.717) is 0 Å². The molecule has 0 heterocycles. The lowest BCUT2D eigenvalue weighted by atomic mass is 10.0. The van der Waals surface area contributed by atoms with Crippen LogP contribution >= 0.6 is 0 Å². The molecule has 1 aromatic carbocycles. The molecule has 12 heavy (non-hydrogen) atoms. The van der Waals surface area contributed by atoms with Gasteiger partial charge in [0.25, 0.3) is 0 Å². The summed E-state index contributed by atoms with van der Waals surface area (Å²) in [5.41, 5.74) is 9.37. The maximum absolute atomic E-state index is 5.83. The van der Waals surface area contributed by atoms with Crippen molar-refractivity contribution in [3.63, 3.8) is 0 Å². The highest BCUT2D eigenvalue weighted by molar-refractivity contribution is 5.48. The Morgan fingerprint density at radius 3 is 2.75 bits per heavy atom. The first-order chi connectivity index (χ1) is 5.74. The number of unbranched alkanes of at least 4 members (excludes halogenated alkanes) is 1. The van der Waals surface area contributed by atoms with Crippen LogP contribution in [-0.2, 0) is 6.42 Å². The van der Waals surface area contributed by atoms with Gasteiger partial charge in [0, 0.05) is 5.69 Å². The predicted octanol–water partition coefficient (Wildman–Crippen LogP) is 2.92. The summed E-state index contributed by atoms with van der Waals surface area (Å²) in [4.78, 5) is 0. The van der Waals surface area contributed by atoms with E-state index in [1.165, 1.54) is 24.0 Å². The largest absolute Gasteiger partial charge is 0.399 e. The van der Waals surface area contributed by atoms with Gasteiger partial charge in [0.05, 0.1) is 0 Å². The van der Waals surface area contributed by atoms with Crippen molar-refractivity contribution >= 4 is 5.69 Å². The van der Waals surface area contributed by atoms with Gasteiger partial charge in [-0.25, -0.2) is 0 Å². The van der Waals surface area contributed by atoms with Gasteiger partial charge in [-0.2, -0.15) is 0 Å². The van der Waals surface area contributed by atoms with E-state index in [1.807, 2.05) is 6.07 Å². The van der Waals surface area contributed by atoms with E-state index in [0.717, 1.165) is 12.1 Å². The maximum atomic E-state index is 5.83. The van der Waals surface area contributed by atoms with E-state index in [-0.39, 0.29) is 0 Å². The molecule has 0 amide bonds. The minimum absolute atomic E-state index is 0.939. The molecular weight excluding hydrogens is 146 g/mol. The molecule has 0 aromatic heterocycles. The Morgan fingerprint density at radius 1 is 1.33 bits per heavy atom. The molecule has 1 aromatic rings. The molecule has 0 saturated carbocycles. The summed E-state index contributed by atoms with van der Waals surface area (Å²) < 4.78 is 0. The third-order valence-electron chi connectivity index (χ3n) is 2.10. The van der Waals surface area contributed by atoms with E-state index in [1.54, 1.807) is 0 Å². The Kier molecular flexibility index (Phi) is 3.15. The summed E-state index contributed by atoms with van der Waals surface area (Å²) in [5, 5.41) is 0. The van der Waals surface area contributed by atoms with E-state index in [4.69, 9.17) is 5.73 Å². The molecule has 0 aliphatic rings. The van der Waals surface area contributed by atoms with Crippen LogP contribution in [0.3, 0.4) is 0 Å². The van der Waals surface area contributed by atoms with Crippen molar-refractivity contribution in [1.82, 2.24) is 0 Å². The molecule has 66 valence electrons. The highest BCUT2D eigenvalue weighted by atomic mass is 14.6. The first-order valence-corrected chi connectivity index (χ1v) is 4.59. The van der Waals surface area contributed by atoms with Crippen molar-refractivity contribution < 1.29 is 0 Å². The second kappa shape index (κ2) is 4.15. The number of aryl methyl sites for hydroxylation is 2. The minimum Gasteiger partial charge on any atom is -0.399 e. The Balaban J connectivity index is 2.75. The van der Waals surface area contributed by atoms with Crippen LogP contribution in [0.15, 0.2) is 18.2 Å². The van der Waals surface area contributed by atoms with Crippen LogP contribution < -0.4 is 5.73 Å². The van der Waals surface area contributed by atoms with Gasteiger partial charge < -0.3 is 5.73 Å². The molecule has 2 N–H and O–H groups in total. The van der Waals surface area contributed by atoms with Gasteiger partial charge in [0.15, 0.2) is 0 Å². The van der Waals surface area contributed by atoms with Gasteiger partial charge in [-0.15, -0.1) is 0 Å². The molecule has 0 bridgehead atoms. The summed E-state index contributed by atoms with van der Waals surface area (Å²) in [5.74, 6) is 0. The average Bonchev–Trinajstić information content (AvgIpc) is 2.07. The van der Waals surface area contributed by atoms with Gasteiger partial charge in [-0.05, 0) is 31.4 Å². The fourth-order valence-corrected chi connectivity index (χ4v) is 1.32. The lowest BCUT2D eigenvalue weighted by Crippen LogP contribution is -1.94. The van der Waals surface area contributed by atoms with Crippen molar-refractivity contribution in [3.05, 3.63) is 29.3 Å². The zero-order valence-corrected chi connectivity index (χ0v) is 7.93. The topological polar surface area (TPSA) is 26.0 Å². The fraction of sp³-hybridized carbons (Fsp3) is 0.455. The van der Waals surface area contributed by atoms with Crippen molar-refractivity contribution in [2.45, 2.75) is 33.1 Å². The molecule has 1 nitrogen and oxygen atoms in total. The van der Waals surface area contributed by atoms with Crippen molar-refractivity contribution in [3.8, 4) is 0 Å². The van der Waals surface area contributed by atoms with E-state index in [9.17, 15) is 0 Å². The van der Waals surface area contributed by atoms with E-state index in [2.05, 4.69) is 26.0 Å². The monoisotopic (exact) mass is 163 g/mol. The lowest BCUT2D eigenvalue weighted by Gasteiger charge is -2.05. The van der Waals surface area contributed by atoms with Crippen molar-refractivity contribution in [2.24, 2.45) is 0 Å². The third kappa shape index (κ3) is 2.26. The predicted molar refractivity (Wildman–Crippen MR) is 54.2 cm³/mol. The zero-order valence-electron chi connectivity index (χ0n) is 7.93. The van der Waals surface area contributed by atoms with Crippen LogP contribution in [-0.4, -0.2) is 0 Å². The zero-order chi connectivity index (χ0) is 8.97. The number of benzene rings is 1. The molecule has 1 heteroatoms.